The highest BCUT2D eigenvalue weighted by molar-refractivity contribution is 5.99. The first-order valence-electron chi connectivity index (χ1n) is 7.83. The summed E-state index contributed by atoms with van der Waals surface area (Å²) in [5.41, 5.74) is 0.626. The molecule has 0 heterocycles. The lowest BCUT2D eigenvalue weighted by Gasteiger charge is -2.12. The summed E-state index contributed by atoms with van der Waals surface area (Å²) in [7, 11) is 3.10. The molecule has 0 spiro atoms. The van der Waals surface area contributed by atoms with Gasteiger partial charge in [0.15, 0.2) is 11.5 Å². The summed E-state index contributed by atoms with van der Waals surface area (Å²) < 4.78 is 10.4. The van der Waals surface area contributed by atoms with Crippen molar-refractivity contribution in [2.75, 3.05) is 19.5 Å². The Morgan fingerprint density at radius 3 is 2.43 bits per heavy atom. The van der Waals surface area contributed by atoms with Crippen molar-refractivity contribution in [1.82, 2.24) is 5.32 Å². The molecule has 1 saturated carbocycles. The lowest BCUT2D eigenvalue weighted by Crippen LogP contribution is -2.34. The zero-order chi connectivity index (χ0) is 17.0. The van der Waals surface area contributed by atoms with Gasteiger partial charge in [-0.1, -0.05) is 6.92 Å². The summed E-state index contributed by atoms with van der Waals surface area (Å²) >= 11 is 0. The van der Waals surface area contributed by atoms with Crippen molar-refractivity contribution < 1.29 is 19.1 Å². The molecule has 0 saturated heterocycles. The van der Waals surface area contributed by atoms with Crippen molar-refractivity contribution in [3.05, 3.63) is 18.2 Å². The van der Waals surface area contributed by atoms with Crippen LogP contribution in [0.4, 0.5) is 5.69 Å². The highest BCUT2D eigenvalue weighted by Gasteiger charge is 2.48. The monoisotopic (exact) mass is 320 g/mol. The van der Waals surface area contributed by atoms with E-state index in [1.807, 2.05) is 13.8 Å². The zero-order valence-corrected chi connectivity index (χ0v) is 14.0. The fraction of sp³-hybridized carbons (Fsp3) is 0.529. The van der Waals surface area contributed by atoms with E-state index in [1.165, 1.54) is 0 Å². The summed E-state index contributed by atoms with van der Waals surface area (Å²) in [4.78, 5) is 24.2. The minimum Gasteiger partial charge on any atom is -0.493 e. The van der Waals surface area contributed by atoms with E-state index >= 15 is 0 Å². The Labute approximate surface area is 136 Å². The van der Waals surface area contributed by atoms with E-state index < -0.39 is 0 Å². The Kier molecular flexibility index (Phi) is 5.47. The van der Waals surface area contributed by atoms with Gasteiger partial charge in [-0.25, -0.2) is 0 Å². The van der Waals surface area contributed by atoms with Gasteiger partial charge in [-0.05, 0) is 31.9 Å². The average Bonchev–Trinajstić information content (AvgIpc) is 3.35. The molecule has 0 aliphatic heterocycles. The van der Waals surface area contributed by atoms with Gasteiger partial charge in [0.2, 0.25) is 11.8 Å². The topological polar surface area (TPSA) is 76.7 Å². The van der Waals surface area contributed by atoms with Gasteiger partial charge >= 0.3 is 0 Å². The lowest BCUT2D eigenvalue weighted by molar-refractivity contribution is -0.125. The quantitative estimate of drug-likeness (QED) is 0.807. The summed E-state index contributed by atoms with van der Waals surface area (Å²) in [5, 5.41) is 5.75. The molecule has 6 nitrogen and oxygen atoms in total. The largest absolute Gasteiger partial charge is 0.493 e. The van der Waals surface area contributed by atoms with E-state index in [0.29, 0.717) is 23.6 Å². The van der Waals surface area contributed by atoms with Crippen LogP contribution >= 0.6 is 0 Å². The van der Waals surface area contributed by atoms with Gasteiger partial charge in [-0.2, -0.15) is 0 Å². The van der Waals surface area contributed by atoms with Crippen molar-refractivity contribution in [2.45, 2.75) is 32.7 Å². The molecule has 2 rings (SSSR count). The number of carbonyl (C=O) groups excluding carboxylic acids is 2. The second kappa shape index (κ2) is 7.35. The summed E-state index contributed by atoms with van der Waals surface area (Å²) in [5.74, 6) is 0.500. The first-order valence-corrected chi connectivity index (χ1v) is 7.83. The van der Waals surface area contributed by atoms with Crippen LogP contribution in [0.2, 0.25) is 0 Å². The molecule has 23 heavy (non-hydrogen) atoms. The molecule has 1 aliphatic carbocycles. The Balaban J connectivity index is 1.92. The third-order valence-electron chi connectivity index (χ3n) is 4.12. The highest BCUT2D eigenvalue weighted by Crippen LogP contribution is 2.40. The van der Waals surface area contributed by atoms with Gasteiger partial charge in [0.05, 0.1) is 26.1 Å². The molecule has 1 fully saturated rings. The van der Waals surface area contributed by atoms with Crippen LogP contribution in [0.1, 0.15) is 26.7 Å². The molecule has 2 N–H and O–H groups in total. The summed E-state index contributed by atoms with van der Waals surface area (Å²) in [6, 6.07) is 5.31. The molecule has 6 heteroatoms. The van der Waals surface area contributed by atoms with Gasteiger partial charge in [0.25, 0.3) is 0 Å². The molecule has 1 aromatic carbocycles. The molecule has 3 unspecified atom stereocenters. The first-order chi connectivity index (χ1) is 11.0. The predicted molar refractivity (Wildman–Crippen MR) is 87.7 cm³/mol. The van der Waals surface area contributed by atoms with Crippen LogP contribution in [0.15, 0.2) is 18.2 Å². The number of anilines is 1. The van der Waals surface area contributed by atoms with Gasteiger partial charge in [-0.15, -0.1) is 0 Å². The number of carbonyl (C=O) groups is 2. The minimum atomic E-state index is -0.257. The molecule has 3 atom stereocenters. The Hall–Kier alpha value is -2.24. The number of rotatable bonds is 7. The smallest absolute Gasteiger partial charge is 0.228 e. The number of ether oxygens (including phenoxy) is 2. The molecular formula is C17H24N2O4. The van der Waals surface area contributed by atoms with Crippen LogP contribution < -0.4 is 20.1 Å². The van der Waals surface area contributed by atoms with E-state index in [9.17, 15) is 9.59 Å². The number of hydrogen-bond acceptors (Lipinski definition) is 4. The second-order valence-corrected chi connectivity index (χ2v) is 5.83. The van der Waals surface area contributed by atoms with E-state index in [2.05, 4.69) is 10.6 Å². The van der Waals surface area contributed by atoms with Crippen molar-refractivity contribution in [1.29, 1.82) is 0 Å². The summed E-state index contributed by atoms with van der Waals surface area (Å²) in [6.45, 7) is 3.97. The predicted octanol–water partition coefficient (Wildman–Crippen LogP) is 2.19. The average molecular weight is 320 g/mol. The van der Waals surface area contributed by atoms with Crippen molar-refractivity contribution >= 4 is 17.5 Å². The van der Waals surface area contributed by atoms with Crippen LogP contribution in [-0.4, -0.2) is 32.1 Å². The van der Waals surface area contributed by atoms with Gasteiger partial charge < -0.3 is 20.1 Å². The van der Waals surface area contributed by atoms with E-state index in [4.69, 9.17) is 9.47 Å². The minimum absolute atomic E-state index is 0.0354. The number of hydrogen-bond donors (Lipinski definition) is 2. The number of nitrogens with one attached hydrogen (secondary N) is 2. The Bertz CT molecular complexity index is 588. The summed E-state index contributed by atoms with van der Waals surface area (Å²) in [6.07, 6.45) is 1.47. The van der Waals surface area contributed by atoms with Crippen molar-refractivity contribution in [3.63, 3.8) is 0 Å². The normalized spacial score (nSPS) is 20.3. The maximum Gasteiger partial charge on any atom is 0.228 e. The molecule has 0 bridgehead atoms. The fourth-order valence-electron chi connectivity index (χ4n) is 2.38. The molecule has 126 valence electrons. The van der Waals surface area contributed by atoms with Crippen LogP contribution in [0.3, 0.4) is 0 Å². The van der Waals surface area contributed by atoms with Gasteiger partial charge in [-0.3, -0.25) is 9.59 Å². The van der Waals surface area contributed by atoms with Gasteiger partial charge in [0, 0.05) is 17.8 Å². The number of amides is 2. The molecule has 2 amide bonds. The van der Waals surface area contributed by atoms with Crippen molar-refractivity contribution in [3.8, 4) is 11.5 Å². The standard InChI is InChI=1S/C17H24N2O4/c1-5-10(2)18-16(20)12-9-13(12)17(21)19-11-6-7-14(22-3)15(8-11)23-4/h6-8,10,12-13H,5,9H2,1-4H3,(H,18,20)(H,19,21). The van der Waals surface area contributed by atoms with Crippen molar-refractivity contribution in [2.24, 2.45) is 11.8 Å². The molecule has 1 aliphatic rings. The number of benzene rings is 1. The van der Waals surface area contributed by atoms with E-state index in [0.717, 1.165) is 6.42 Å². The molecular weight excluding hydrogens is 296 g/mol. The first kappa shape index (κ1) is 17.1. The lowest BCUT2D eigenvalue weighted by atomic mass is 10.2. The SMILES string of the molecule is CCC(C)NC(=O)C1CC1C(=O)Nc1ccc(OC)c(OC)c1. The van der Waals surface area contributed by atoms with E-state index in [-0.39, 0.29) is 29.7 Å². The maximum absolute atomic E-state index is 12.2. The maximum atomic E-state index is 12.2. The highest BCUT2D eigenvalue weighted by atomic mass is 16.5. The Morgan fingerprint density at radius 2 is 1.83 bits per heavy atom. The fourth-order valence-corrected chi connectivity index (χ4v) is 2.38. The van der Waals surface area contributed by atoms with E-state index in [1.54, 1.807) is 32.4 Å². The zero-order valence-electron chi connectivity index (χ0n) is 14.0. The Morgan fingerprint density at radius 1 is 1.17 bits per heavy atom. The number of methoxy groups -OCH3 is 2. The molecule has 1 aromatic rings. The van der Waals surface area contributed by atoms with Crippen LogP contribution in [0.25, 0.3) is 0 Å². The van der Waals surface area contributed by atoms with Gasteiger partial charge in [0.1, 0.15) is 0 Å². The second-order valence-electron chi connectivity index (χ2n) is 5.83. The van der Waals surface area contributed by atoms with Crippen LogP contribution in [0, 0.1) is 11.8 Å². The molecule has 0 aromatic heterocycles. The third-order valence-corrected chi connectivity index (χ3v) is 4.12. The van der Waals surface area contributed by atoms with Crippen LogP contribution in [0.5, 0.6) is 11.5 Å². The van der Waals surface area contributed by atoms with Crippen LogP contribution in [-0.2, 0) is 9.59 Å². The molecule has 0 radical (unpaired) electrons. The third kappa shape index (κ3) is 4.15.